The molecule has 2 amide bonds. The number of nitrogens with zero attached hydrogens (tertiary/aromatic N) is 2. The van der Waals surface area contributed by atoms with Crippen molar-refractivity contribution < 1.29 is 14.7 Å². The third kappa shape index (κ3) is 4.68. The van der Waals surface area contributed by atoms with Gasteiger partial charge in [0.2, 0.25) is 11.8 Å². The van der Waals surface area contributed by atoms with Crippen molar-refractivity contribution in [2.45, 2.75) is 51.0 Å². The molecular formula is C16H29N3O3. The molecule has 0 atom stereocenters. The third-order valence-electron chi connectivity index (χ3n) is 5.07. The molecule has 0 spiro atoms. The fraction of sp³-hybridized carbons (Fsp3) is 0.875. The Labute approximate surface area is 132 Å². The van der Waals surface area contributed by atoms with Gasteiger partial charge < -0.3 is 15.7 Å². The van der Waals surface area contributed by atoms with E-state index in [0.29, 0.717) is 45.1 Å². The molecule has 1 aliphatic carbocycles. The number of hydrogen-bond donors (Lipinski definition) is 2. The highest BCUT2D eigenvalue weighted by Gasteiger charge is 2.28. The molecule has 1 saturated carbocycles. The predicted molar refractivity (Wildman–Crippen MR) is 84.0 cm³/mol. The van der Waals surface area contributed by atoms with Crippen molar-refractivity contribution in [2.24, 2.45) is 11.7 Å². The number of amides is 2. The van der Waals surface area contributed by atoms with Crippen LogP contribution in [0.1, 0.15) is 44.9 Å². The zero-order chi connectivity index (χ0) is 15.9. The molecule has 1 heterocycles. The second-order valence-corrected chi connectivity index (χ2v) is 6.54. The Morgan fingerprint density at radius 2 is 1.73 bits per heavy atom. The maximum atomic E-state index is 12.5. The SMILES string of the molecule is NC(=O)C1CCN(C(=O)CN(CCO)C2CCCCC2)CC1. The Kier molecular flexibility index (Phi) is 6.64. The molecule has 0 bridgehead atoms. The van der Waals surface area contributed by atoms with Crippen LogP contribution in [0, 0.1) is 5.92 Å². The van der Waals surface area contributed by atoms with Gasteiger partial charge in [0.25, 0.3) is 0 Å². The first-order valence-electron chi connectivity index (χ1n) is 8.54. The zero-order valence-electron chi connectivity index (χ0n) is 13.4. The number of hydrogen-bond acceptors (Lipinski definition) is 4. The lowest BCUT2D eigenvalue weighted by Crippen LogP contribution is -2.49. The second-order valence-electron chi connectivity index (χ2n) is 6.54. The van der Waals surface area contributed by atoms with E-state index in [9.17, 15) is 14.7 Å². The molecule has 2 rings (SSSR count). The number of likely N-dealkylation sites (tertiary alicyclic amines) is 1. The fourth-order valence-electron chi connectivity index (χ4n) is 3.65. The van der Waals surface area contributed by atoms with Crippen LogP contribution in [0.5, 0.6) is 0 Å². The van der Waals surface area contributed by atoms with Crippen LogP contribution < -0.4 is 5.73 Å². The lowest BCUT2D eigenvalue weighted by Gasteiger charge is -2.36. The number of aliphatic hydroxyl groups is 1. The number of aliphatic hydroxyl groups excluding tert-OH is 1. The molecule has 6 heteroatoms. The van der Waals surface area contributed by atoms with Gasteiger partial charge in [-0.15, -0.1) is 0 Å². The lowest BCUT2D eigenvalue weighted by atomic mass is 9.94. The summed E-state index contributed by atoms with van der Waals surface area (Å²) in [5, 5.41) is 9.27. The first-order valence-corrected chi connectivity index (χ1v) is 8.54. The first kappa shape index (κ1) is 17.2. The van der Waals surface area contributed by atoms with E-state index < -0.39 is 0 Å². The van der Waals surface area contributed by atoms with Crippen LogP contribution in [0.3, 0.4) is 0 Å². The molecule has 126 valence electrons. The number of carbonyl (C=O) groups excluding carboxylic acids is 2. The number of nitrogens with two attached hydrogens (primary N) is 1. The van der Waals surface area contributed by atoms with Crippen LogP contribution in [0.2, 0.25) is 0 Å². The summed E-state index contributed by atoms with van der Waals surface area (Å²) in [6, 6.07) is 0.424. The summed E-state index contributed by atoms with van der Waals surface area (Å²) in [5.41, 5.74) is 5.33. The standard InChI is InChI=1S/C16H29N3O3/c17-16(22)13-6-8-18(9-7-13)15(21)12-19(10-11-20)14-4-2-1-3-5-14/h13-14,20H,1-12H2,(H2,17,22). The summed E-state index contributed by atoms with van der Waals surface area (Å²) in [6.45, 7) is 2.27. The molecule has 0 aromatic carbocycles. The van der Waals surface area contributed by atoms with Crippen molar-refractivity contribution in [3.05, 3.63) is 0 Å². The summed E-state index contributed by atoms with van der Waals surface area (Å²) in [4.78, 5) is 27.7. The number of rotatable bonds is 6. The maximum Gasteiger partial charge on any atom is 0.236 e. The molecule has 3 N–H and O–H groups in total. The van der Waals surface area contributed by atoms with Crippen LogP contribution in [0.4, 0.5) is 0 Å². The number of carbonyl (C=O) groups is 2. The van der Waals surface area contributed by atoms with E-state index in [1.165, 1.54) is 19.3 Å². The lowest BCUT2D eigenvalue weighted by molar-refractivity contribution is -0.136. The minimum absolute atomic E-state index is 0.0871. The largest absolute Gasteiger partial charge is 0.395 e. The van der Waals surface area contributed by atoms with Gasteiger partial charge in [-0.25, -0.2) is 0 Å². The van der Waals surface area contributed by atoms with Crippen molar-refractivity contribution in [3.8, 4) is 0 Å². The minimum atomic E-state index is -0.254. The molecule has 0 radical (unpaired) electrons. The van der Waals surface area contributed by atoms with Gasteiger partial charge in [0.15, 0.2) is 0 Å². The molecular weight excluding hydrogens is 282 g/mol. The summed E-state index contributed by atoms with van der Waals surface area (Å²) >= 11 is 0. The van der Waals surface area contributed by atoms with Gasteiger partial charge in [0.1, 0.15) is 0 Å². The van der Waals surface area contributed by atoms with E-state index in [4.69, 9.17) is 5.73 Å². The van der Waals surface area contributed by atoms with E-state index in [1.54, 1.807) is 0 Å². The number of primary amides is 1. The normalized spacial score (nSPS) is 21.3. The van der Waals surface area contributed by atoms with Crippen molar-refractivity contribution in [2.75, 3.05) is 32.8 Å². The molecule has 2 aliphatic rings. The average Bonchev–Trinajstić information content (AvgIpc) is 2.55. The maximum absolute atomic E-state index is 12.5. The Morgan fingerprint density at radius 3 is 2.27 bits per heavy atom. The van der Waals surface area contributed by atoms with Crippen molar-refractivity contribution in [1.29, 1.82) is 0 Å². The highest BCUT2D eigenvalue weighted by atomic mass is 16.3. The summed E-state index contributed by atoms with van der Waals surface area (Å²) in [7, 11) is 0. The highest BCUT2D eigenvalue weighted by molar-refractivity contribution is 5.80. The minimum Gasteiger partial charge on any atom is -0.395 e. The summed E-state index contributed by atoms with van der Waals surface area (Å²) < 4.78 is 0. The van der Waals surface area contributed by atoms with Gasteiger partial charge in [-0.2, -0.15) is 0 Å². The molecule has 0 aromatic heterocycles. The Balaban J connectivity index is 1.84. The van der Waals surface area contributed by atoms with Gasteiger partial charge in [-0.05, 0) is 25.7 Å². The molecule has 0 aromatic rings. The van der Waals surface area contributed by atoms with E-state index in [-0.39, 0.29) is 24.3 Å². The Bertz CT molecular complexity index is 375. The molecule has 1 aliphatic heterocycles. The Hall–Kier alpha value is -1.14. The van der Waals surface area contributed by atoms with Gasteiger partial charge in [0, 0.05) is 31.6 Å². The second kappa shape index (κ2) is 8.48. The van der Waals surface area contributed by atoms with Crippen molar-refractivity contribution >= 4 is 11.8 Å². The first-order chi connectivity index (χ1) is 10.6. The van der Waals surface area contributed by atoms with Crippen LogP contribution in [0.25, 0.3) is 0 Å². The predicted octanol–water partition coefficient (Wildman–Crippen LogP) is 0.337. The van der Waals surface area contributed by atoms with E-state index >= 15 is 0 Å². The van der Waals surface area contributed by atoms with Crippen LogP contribution >= 0.6 is 0 Å². The molecule has 22 heavy (non-hydrogen) atoms. The van der Waals surface area contributed by atoms with Crippen LogP contribution in [0.15, 0.2) is 0 Å². The quantitative estimate of drug-likeness (QED) is 0.740. The van der Waals surface area contributed by atoms with Gasteiger partial charge >= 0.3 is 0 Å². The molecule has 2 fully saturated rings. The van der Waals surface area contributed by atoms with E-state index in [2.05, 4.69) is 4.90 Å². The average molecular weight is 311 g/mol. The molecule has 1 saturated heterocycles. The fourth-order valence-corrected chi connectivity index (χ4v) is 3.65. The van der Waals surface area contributed by atoms with Crippen molar-refractivity contribution in [3.63, 3.8) is 0 Å². The smallest absolute Gasteiger partial charge is 0.236 e. The van der Waals surface area contributed by atoms with Gasteiger partial charge in [0.05, 0.1) is 13.2 Å². The number of piperidine rings is 1. The van der Waals surface area contributed by atoms with Crippen LogP contribution in [-0.2, 0) is 9.59 Å². The molecule has 6 nitrogen and oxygen atoms in total. The monoisotopic (exact) mass is 311 g/mol. The van der Waals surface area contributed by atoms with E-state index in [0.717, 1.165) is 12.8 Å². The Morgan fingerprint density at radius 1 is 1.09 bits per heavy atom. The van der Waals surface area contributed by atoms with Gasteiger partial charge in [-0.1, -0.05) is 19.3 Å². The van der Waals surface area contributed by atoms with Crippen LogP contribution in [-0.4, -0.2) is 65.5 Å². The van der Waals surface area contributed by atoms with Crippen molar-refractivity contribution in [1.82, 2.24) is 9.80 Å². The highest BCUT2D eigenvalue weighted by Crippen LogP contribution is 2.23. The van der Waals surface area contributed by atoms with Gasteiger partial charge in [-0.3, -0.25) is 14.5 Å². The topological polar surface area (TPSA) is 86.9 Å². The zero-order valence-corrected chi connectivity index (χ0v) is 13.4. The summed E-state index contributed by atoms with van der Waals surface area (Å²) in [6.07, 6.45) is 7.29. The molecule has 0 unspecified atom stereocenters. The summed E-state index contributed by atoms with van der Waals surface area (Å²) in [5.74, 6) is -0.228. The van der Waals surface area contributed by atoms with E-state index in [1.807, 2.05) is 4.90 Å². The third-order valence-corrected chi connectivity index (χ3v) is 5.07.